The first-order valence-electron chi connectivity index (χ1n) is 5.24. The van der Waals surface area contributed by atoms with Crippen LogP contribution in [0.25, 0.3) is 0 Å². The molecule has 0 aliphatic rings. The maximum absolute atomic E-state index is 9.21. The number of phenols is 2. The number of aromatic hydroxyl groups is 2. The number of hydrogen-bond donors (Lipinski definition) is 2. The molecule has 2 rings (SSSR count). The smallest absolute Gasteiger partial charge is 0.182 e. The van der Waals surface area contributed by atoms with E-state index in [0.717, 1.165) is 15.7 Å². The van der Waals surface area contributed by atoms with Crippen LogP contribution in [0.1, 0.15) is 0 Å². The van der Waals surface area contributed by atoms with Gasteiger partial charge >= 0.3 is 0 Å². The van der Waals surface area contributed by atoms with E-state index in [1.54, 1.807) is 30.3 Å². The monoisotopic (exact) mass is 264 g/mol. The van der Waals surface area contributed by atoms with Gasteiger partial charge in [-0.1, -0.05) is 36.4 Å². The number of rotatable bonds is 2. The van der Waals surface area contributed by atoms with Crippen molar-refractivity contribution in [3.63, 3.8) is 0 Å². The van der Waals surface area contributed by atoms with Gasteiger partial charge in [-0.2, -0.15) is 0 Å². The van der Waals surface area contributed by atoms with E-state index >= 15 is 0 Å². The van der Waals surface area contributed by atoms with Gasteiger partial charge in [-0.3, -0.25) is 0 Å². The third-order valence-electron chi connectivity index (χ3n) is 2.05. The first-order chi connectivity index (χ1) is 8.24. The van der Waals surface area contributed by atoms with Crippen LogP contribution in [0.4, 0.5) is 0 Å². The molecule has 0 fully saturated rings. The second-order valence-corrected chi connectivity index (χ2v) is 6.76. The van der Waals surface area contributed by atoms with Crippen molar-refractivity contribution < 1.29 is 14.3 Å². The minimum atomic E-state index is -0.618. The van der Waals surface area contributed by atoms with Crippen LogP contribution in [-0.2, 0) is 4.12 Å². The molecule has 2 aromatic rings. The minimum absolute atomic E-state index is 0.322. The molecular formula is C12H16O3Si2. The molecule has 2 N–H and O–H groups in total. The van der Waals surface area contributed by atoms with Gasteiger partial charge in [-0.15, -0.1) is 0 Å². The van der Waals surface area contributed by atoms with E-state index in [1.807, 2.05) is 24.3 Å². The lowest BCUT2D eigenvalue weighted by Crippen LogP contribution is -2.16. The predicted octanol–water partition coefficient (Wildman–Crippen LogP) is -0.210. The van der Waals surface area contributed by atoms with Gasteiger partial charge < -0.3 is 14.3 Å². The zero-order valence-electron chi connectivity index (χ0n) is 9.71. The average molecular weight is 264 g/mol. The van der Waals surface area contributed by atoms with Gasteiger partial charge in [-0.25, -0.2) is 0 Å². The highest BCUT2D eigenvalue weighted by Crippen LogP contribution is 2.02. The Kier molecular flexibility index (Phi) is 6.09. The molecule has 90 valence electrons. The number of benzene rings is 2. The predicted molar refractivity (Wildman–Crippen MR) is 75.4 cm³/mol. The van der Waals surface area contributed by atoms with Crippen LogP contribution in [0.2, 0.25) is 0 Å². The Labute approximate surface area is 106 Å². The number of phenolic OH excluding ortho intramolecular Hbond substituents is 2. The Morgan fingerprint density at radius 2 is 1.47 bits per heavy atom. The average Bonchev–Trinajstić information content (AvgIpc) is 2.34. The summed E-state index contributed by atoms with van der Waals surface area (Å²) in [6, 6.07) is 16.1. The molecule has 0 aromatic heterocycles. The zero-order chi connectivity index (χ0) is 12.5. The molecule has 2 aromatic carbocycles. The van der Waals surface area contributed by atoms with E-state index < -0.39 is 9.76 Å². The van der Waals surface area contributed by atoms with Crippen molar-refractivity contribution >= 4 is 25.4 Å². The molecule has 0 saturated heterocycles. The Bertz CT molecular complexity index is 435. The van der Waals surface area contributed by atoms with Gasteiger partial charge in [0.05, 0.1) is 0 Å². The lowest BCUT2D eigenvalue weighted by molar-refractivity contribution is 0.475. The SMILES string of the molecule is Oc1ccccc1.Oc1ccccc1[SiH2]O[SiH3]. The van der Waals surface area contributed by atoms with E-state index in [2.05, 4.69) is 0 Å². The molecule has 0 aliphatic heterocycles. The van der Waals surface area contributed by atoms with E-state index in [4.69, 9.17) is 9.22 Å². The van der Waals surface area contributed by atoms with Gasteiger partial charge in [0.1, 0.15) is 22.0 Å². The summed E-state index contributed by atoms with van der Waals surface area (Å²) in [6.07, 6.45) is 0. The molecule has 0 bridgehead atoms. The fourth-order valence-electron chi connectivity index (χ4n) is 1.22. The fraction of sp³-hybridized carbons (Fsp3) is 0. The molecule has 0 amide bonds. The lowest BCUT2D eigenvalue weighted by Gasteiger charge is -2.00. The summed E-state index contributed by atoms with van der Waals surface area (Å²) in [6.45, 7) is 0. The number of para-hydroxylation sites is 2. The largest absolute Gasteiger partial charge is 0.508 e. The second kappa shape index (κ2) is 7.67. The van der Waals surface area contributed by atoms with Crippen molar-refractivity contribution in [2.75, 3.05) is 0 Å². The normalized spacial score (nSPS) is 10.1. The van der Waals surface area contributed by atoms with Crippen LogP contribution in [0.5, 0.6) is 11.5 Å². The highest BCUT2D eigenvalue weighted by atomic mass is 28.3. The molecule has 5 heteroatoms. The fourth-order valence-corrected chi connectivity index (χ4v) is 2.96. The van der Waals surface area contributed by atoms with Crippen molar-refractivity contribution in [3.8, 4) is 11.5 Å². The molecule has 0 heterocycles. The summed E-state index contributed by atoms with van der Waals surface area (Å²) in [7, 11) is 0.154. The van der Waals surface area contributed by atoms with Crippen LogP contribution in [-0.4, -0.2) is 30.5 Å². The van der Waals surface area contributed by atoms with E-state index in [-0.39, 0.29) is 0 Å². The van der Waals surface area contributed by atoms with E-state index in [9.17, 15) is 5.11 Å². The van der Waals surface area contributed by atoms with Crippen LogP contribution in [0, 0.1) is 0 Å². The first kappa shape index (κ1) is 13.5. The molecule has 0 spiro atoms. The van der Waals surface area contributed by atoms with Gasteiger partial charge in [0, 0.05) is 5.19 Å². The van der Waals surface area contributed by atoms with Crippen molar-refractivity contribution in [1.29, 1.82) is 0 Å². The van der Waals surface area contributed by atoms with Crippen molar-refractivity contribution in [2.24, 2.45) is 0 Å². The van der Waals surface area contributed by atoms with Gasteiger partial charge in [0.15, 0.2) is 9.76 Å². The summed E-state index contributed by atoms with van der Waals surface area (Å²) < 4.78 is 5.13. The molecule has 0 atom stereocenters. The number of hydrogen-bond acceptors (Lipinski definition) is 3. The van der Waals surface area contributed by atoms with Gasteiger partial charge in [0.25, 0.3) is 0 Å². The van der Waals surface area contributed by atoms with Crippen LogP contribution in [0.15, 0.2) is 54.6 Å². The Hall–Kier alpha value is -1.57. The van der Waals surface area contributed by atoms with E-state index in [0.29, 0.717) is 11.5 Å². The van der Waals surface area contributed by atoms with Gasteiger partial charge in [-0.05, 0) is 18.2 Å². The van der Waals surface area contributed by atoms with Crippen molar-refractivity contribution in [1.82, 2.24) is 0 Å². The summed E-state index contributed by atoms with van der Waals surface area (Å²) in [5, 5.41) is 18.8. The molecule has 0 saturated carbocycles. The Morgan fingerprint density at radius 3 is 1.94 bits per heavy atom. The quantitative estimate of drug-likeness (QED) is 0.738. The van der Waals surface area contributed by atoms with Crippen molar-refractivity contribution in [3.05, 3.63) is 54.6 Å². The van der Waals surface area contributed by atoms with Crippen LogP contribution < -0.4 is 5.19 Å². The maximum atomic E-state index is 9.21. The van der Waals surface area contributed by atoms with E-state index in [1.165, 1.54) is 0 Å². The third-order valence-corrected chi connectivity index (χ3v) is 4.11. The Morgan fingerprint density at radius 1 is 0.882 bits per heavy atom. The van der Waals surface area contributed by atoms with Crippen molar-refractivity contribution in [2.45, 2.75) is 0 Å². The molecule has 0 radical (unpaired) electrons. The molecule has 17 heavy (non-hydrogen) atoms. The minimum Gasteiger partial charge on any atom is -0.508 e. The maximum Gasteiger partial charge on any atom is 0.182 e. The first-order valence-corrected chi connectivity index (χ1v) is 7.34. The highest BCUT2D eigenvalue weighted by molar-refractivity contribution is 6.51. The lowest BCUT2D eigenvalue weighted by atomic mass is 10.3. The summed E-state index contributed by atoms with van der Waals surface area (Å²) in [5.41, 5.74) is 0. The topological polar surface area (TPSA) is 49.7 Å². The summed E-state index contributed by atoms with van der Waals surface area (Å²) in [5.74, 6) is 0.701. The molecular weight excluding hydrogens is 248 g/mol. The molecule has 0 unspecified atom stereocenters. The second-order valence-electron chi connectivity index (χ2n) is 3.40. The standard InChI is InChI=1S/C6H10O2Si2.C6H6O/c7-5-3-1-2-4-6(5)10-8-9;7-6-4-2-1-3-5-6/h1-4,7H,10H2,9H3;1-5,7H. The third kappa shape index (κ3) is 5.34. The summed E-state index contributed by atoms with van der Waals surface area (Å²) in [4.78, 5) is 0. The van der Waals surface area contributed by atoms with Gasteiger partial charge in [0.2, 0.25) is 0 Å². The molecule has 0 aliphatic carbocycles. The summed E-state index contributed by atoms with van der Waals surface area (Å²) >= 11 is 0. The van der Waals surface area contributed by atoms with Crippen LogP contribution >= 0.6 is 0 Å². The highest BCUT2D eigenvalue weighted by Gasteiger charge is 1.96. The zero-order valence-corrected chi connectivity index (χ0v) is 13.1. The Balaban J connectivity index is 0.000000181. The van der Waals surface area contributed by atoms with Crippen LogP contribution in [0.3, 0.4) is 0 Å². The molecule has 3 nitrogen and oxygen atoms in total.